The van der Waals surface area contributed by atoms with E-state index in [2.05, 4.69) is 155 Å². The first-order valence-corrected chi connectivity index (χ1v) is 21.2. The van der Waals surface area contributed by atoms with Crippen molar-refractivity contribution in [3.05, 3.63) is 145 Å². The molecule has 6 aromatic carbocycles. The number of benzene rings is 4. The first-order chi connectivity index (χ1) is 22.7. The molecule has 0 aliphatic heterocycles. The summed E-state index contributed by atoms with van der Waals surface area (Å²) in [5.41, 5.74) is 7.89. The number of hydrogen-bond donors (Lipinski definition) is 0. The Hall–Kier alpha value is -2.80. The van der Waals surface area contributed by atoms with Crippen molar-refractivity contribution in [3.8, 4) is 22.3 Å². The molecule has 6 aromatic rings. The molecule has 0 saturated heterocycles. The minimum absolute atomic E-state index is 1.29. The van der Waals surface area contributed by atoms with Crippen LogP contribution in [0.4, 0.5) is 0 Å². The second-order valence-corrected chi connectivity index (χ2v) is 12.3. The first kappa shape index (κ1) is 36.0. The maximum atomic E-state index is 3.06. The number of hydrogen-bond acceptors (Lipinski definition) is 0. The molecule has 0 aromatic heterocycles. The summed E-state index contributed by atoms with van der Waals surface area (Å²) in [4.78, 5) is 0. The van der Waals surface area contributed by atoms with E-state index in [1.54, 1.807) is 0 Å². The molecule has 0 amide bonds. The summed E-state index contributed by atoms with van der Waals surface area (Å²) in [6.45, 7) is 7.36. The third kappa shape index (κ3) is 11.2. The van der Waals surface area contributed by atoms with Gasteiger partial charge in [0, 0.05) is 0 Å². The summed E-state index contributed by atoms with van der Waals surface area (Å²) in [5, 5.41) is 5.37. The van der Waals surface area contributed by atoms with E-state index in [0.717, 1.165) is 0 Å². The van der Waals surface area contributed by atoms with Gasteiger partial charge in [0.2, 0.25) is 0 Å². The molecule has 2 aliphatic carbocycles. The van der Waals surface area contributed by atoms with Crippen molar-refractivity contribution in [3.63, 3.8) is 0 Å². The van der Waals surface area contributed by atoms with Gasteiger partial charge in [-0.25, -0.2) is 0 Å². The van der Waals surface area contributed by atoms with E-state index >= 15 is 0 Å². The van der Waals surface area contributed by atoms with Gasteiger partial charge in [-0.05, 0) is 11.1 Å². The Morgan fingerprint density at radius 1 is 0.457 bits per heavy atom. The van der Waals surface area contributed by atoms with Crippen LogP contribution in [-0.2, 0) is 23.3 Å². The van der Waals surface area contributed by atoms with Gasteiger partial charge in [-0.15, -0.1) is 69.1 Å². The second kappa shape index (κ2) is 20.4. The number of fused-ring (bicyclic) bond motifs is 2. The molecular weight excluding hydrogens is 648 g/mol. The van der Waals surface area contributed by atoms with Crippen LogP contribution >= 0.6 is 0 Å². The van der Waals surface area contributed by atoms with E-state index in [9.17, 15) is 0 Å². The van der Waals surface area contributed by atoms with Gasteiger partial charge in [-0.3, -0.25) is 0 Å². The van der Waals surface area contributed by atoms with Crippen LogP contribution in [0.15, 0.2) is 121 Å². The van der Waals surface area contributed by atoms with Crippen LogP contribution in [-0.4, -0.2) is 6.88 Å². The zero-order valence-electron chi connectivity index (χ0n) is 27.8. The number of aryl methyl sites for hydroxylation is 2. The molecule has 0 heterocycles. The van der Waals surface area contributed by atoms with Gasteiger partial charge in [0.1, 0.15) is 0 Å². The van der Waals surface area contributed by atoms with Crippen molar-refractivity contribution in [1.29, 1.82) is 0 Å². The van der Waals surface area contributed by atoms with Crippen molar-refractivity contribution in [1.82, 2.24) is 0 Å². The Bertz CT molecular complexity index is 1530. The molecule has 236 valence electrons. The molecule has 0 bridgehead atoms. The van der Waals surface area contributed by atoms with E-state index in [0.29, 0.717) is 0 Å². The monoisotopic (exact) mass is 694 g/mol. The Balaban J connectivity index is 0.000000149. The number of rotatable bonds is 2. The molecule has 0 unspecified atom stereocenters. The van der Waals surface area contributed by atoms with Gasteiger partial charge in [-0.1, -0.05) is 136 Å². The predicted octanol–water partition coefficient (Wildman–Crippen LogP) is 13.0. The van der Waals surface area contributed by atoms with Crippen LogP contribution in [0.1, 0.15) is 75.3 Å². The van der Waals surface area contributed by atoms with Crippen molar-refractivity contribution in [2.75, 3.05) is 0 Å². The van der Waals surface area contributed by atoms with Gasteiger partial charge in [0.05, 0.1) is 0 Å². The molecule has 2 aliphatic rings. The molecule has 46 heavy (non-hydrogen) atoms. The van der Waals surface area contributed by atoms with E-state index in [1.807, 2.05) is 0 Å². The topological polar surface area (TPSA) is 0 Å². The van der Waals surface area contributed by atoms with Gasteiger partial charge >= 0.3 is 30.2 Å². The average molecular weight is 696 g/mol. The Labute approximate surface area is 295 Å². The molecule has 2 radical (unpaired) electrons. The van der Waals surface area contributed by atoms with Crippen LogP contribution in [0.5, 0.6) is 0 Å². The summed E-state index contributed by atoms with van der Waals surface area (Å²) in [7, 11) is 0. The van der Waals surface area contributed by atoms with Crippen LogP contribution in [0.2, 0.25) is 0 Å². The fourth-order valence-corrected chi connectivity index (χ4v) is 6.31. The van der Waals surface area contributed by atoms with E-state index in [-0.39, 0.29) is 0 Å². The van der Waals surface area contributed by atoms with Gasteiger partial charge in [-0.2, -0.15) is 37.8 Å². The summed E-state index contributed by atoms with van der Waals surface area (Å²) >= 11 is 1.36. The Kier molecular flexibility index (Phi) is 16.0. The molecular formula is C44H48SiZr-4. The third-order valence-electron chi connectivity index (χ3n) is 8.59. The minimum atomic E-state index is 1.29. The summed E-state index contributed by atoms with van der Waals surface area (Å²) < 4.78 is 0. The molecule has 0 N–H and O–H groups in total. The van der Waals surface area contributed by atoms with Crippen LogP contribution in [0.25, 0.3) is 43.8 Å². The Morgan fingerprint density at radius 3 is 1.13 bits per heavy atom. The van der Waals surface area contributed by atoms with Crippen molar-refractivity contribution < 1.29 is 23.3 Å². The van der Waals surface area contributed by atoms with E-state index in [4.69, 9.17) is 0 Å². The van der Waals surface area contributed by atoms with Crippen molar-refractivity contribution in [2.45, 2.75) is 78.1 Å². The second-order valence-electron chi connectivity index (χ2n) is 12.3. The first-order valence-electron chi connectivity index (χ1n) is 17.0. The van der Waals surface area contributed by atoms with E-state index < -0.39 is 0 Å². The molecule has 0 spiro atoms. The van der Waals surface area contributed by atoms with Crippen molar-refractivity contribution in [2.24, 2.45) is 0 Å². The zero-order chi connectivity index (χ0) is 32.4. The van der Waals surface area contributed by atoms with Gasteiger partial charge in [0.15, 0.2) is 0 Å². The normalized spacial score (nSPS) is 13.8. The molecule has 2 fully saturated rings. The van der Waals surface area contributed by atoms with Crippen LogP contribution in [0.3, 0.4) is 0 Å². The van der Waals surface area contributed by atoms with Gasteiger partial charge in [0.25, 0.3) is 0 Å². The standard InChI is InChI=1S/2C16H13.2C6H11.Si.Zr/c2*1-12-10-14-8-5-9-15(16(14)11-12)13-6-3-2-4-7-13;2*1-2-4-6-5-3-1;;/h2*2-11H,1H3;2*1H,2-6H2;;/q4*-1;;. The molecule has 0 nitrogen and oxygen atoms in total. The molecule has 2 saturated carbocycles. The maximum absolute atomic E-state index is 3.06. The average Bonchev–Trinajstić information content (AvgIpc) is 3.73. The quantitative estimate of drug-likeness (QED) is 0.125. The summed E-state index contributed by atoms with van der Waals surface area (Å²) in [6, 6.07) is 43.1. The molecule has 0 atom stereocenters. The zero-order valence-corrected chi connectivity index (χ0v) is 31.2. The fourth-order valence-electron chi connectivity index (χ4n) is 6.31. The SMILES string of the molecule is Cc1cc2c(-c3ccccc3)cccc2[cH-]1.Cc1cc2c(-c3ccccc3)cccc2[cH-]1.[CH-]1CCCCC1.[CH-]1CCCCC1.[Si]=[Zr]. The third-order valence-corrected chi connectivity index (χ3v) is 8.59. The van der Waals surface area contributed by atoms with Crippen LogP contribution < -0.4 is 0 Å². The van der Waals surface area contributed by atoms with Gasteiger partial charge < -0.3 is 12.8 Å². The molecule has 8 rings (SSSR count). The Morgan fingerprint density at radius 2 is 0.826 bits per heavy atom. The molecule has 2 heteroatoms. The summed E-state index contributed by atoms with van der Waals surface area (Å²) in [6.07, 6.45) is 19.0. The summed E-state index contributed by atoms with van der Waals surface area (Å²) in [5.74, 6) is 0. The van der Waals surface area contributed by atoms with Crippen LogP contribution in [0, 0.1) is 26.7 Å². The van der Waals surface area contributed by atoms with E-state index in [1.165, 1.54) is 142 Å². The fraction of sp³-hybridized carbons (Fsp3) is 0.273. The van der Waals surface area contributed by atoms with Crippen molar-refractivity contribution >= 4 is 28.4 Å². The predicted molar refractivity (Wildman–Crippen MR) is 200 cm³/mol.